The third kappa shape index (κ3) is 4.67. The third-order valence-electron chi connectivity index (χ3n) is 3.50. The summed E-state index contributed by atoms with van der Waals surface area (Å²) in [7, 11) is 0. The summed E-state index contributed by atoms with van der Waals surface area (Å²) in [4.78, 5) is 11.2. The van der Waals surface area contributed by atoms with Gasteiger partial charge >= 0.3 is 5.97 Å². The van der Waals surface area contributed by atoms with Crippen LogP contribution in [0.4, 0.5) is 0 Å². The zero-order valence-corrected chi connectivity index (χ0v) is 12.6. The largest absolute Gasteiger partial charge is 0.480 e. The van der Waals surface area contributed by atoms with Crippen LogP contribution < -0.4 is 5.32 Å². The second-order valence-electron chi connectivity index (χ2n) is 5.76. The summed E-state index contributed by atoms with van der Waals surface area (Å²) < 4.78 is 0. The molecule has 1 rings (SSSR count). The summed E-state index contributed by atoms with van der Waals surface area (Å²) in [6.07, 6.45) is 0.652. The smallest absolute Gasteiger partial charge is 0.320 e. The first-order valence-electron chi connectivity index (χ1n) is 6.84. The molecule has 0 aromatic heterocycles. The Labute approximate surface area is 116 Å². The zero-order valence-electron chi connectivity index (χ0n) is 12.6. The van der Waals surface area contributed by atoms with Crippen LogP contribution in [0.25, 0.3) is 0 Å². The summed E-state index contributed by atoms with van der Waals surface area (Å²) in [5.41, 5.74) is 4.92. The summed E-state index contributed by atoms with van der Waals surface area (Å²) in [6, 6.07) is 3.83. The zero-order chi connectivity index (χ0) is 14.6. The van der Waals surface area contributed by atoms with Crippen LogP contribution in [0.5, 0.6) is 0 Å². The van der Waals surface area contributed by atoms with E-state index in [1.165, 1.54) is 22.3 Å². The number of aryl methyl sites for hydroxylation is 3. The highest BCUT2D eigenvalue weighted by molar-refractivity contribution is 5.73. The normalized spacial score (nSPS) is 12.7. The van der Waals surface area contributed by atoms with Crippen molar-refractivity contribution in [2.24, 2.45) is 5.92 Å². The van der Waals surface area contributed by atoms with Crippen LogP contribution >= 0.6 is 0 Å². The Morgan fingerprint density at radius 2 is 1.74 bits per heavy atom. The Morgan fingerprint density at radius 1 is 1.16 bits per heavy atom. The van der Waals surface area contributed by atoms with Crippen molar-refractivity contribution in [2.75, 3.05) is 0 Å². The van der Waals surface area contributed by atoms with Crippen LogP contribution in [0.15, 0.2) is 12.1 Å². The van der Waals surface area contributed by atoms with Gasteiger partial charge in [-0.15, -0.1) is 0 Å². The van der Waals surface area contributed by atoms with E-state index in [1.54, 1.807) is 0 Å². The fourth-order valence-electron chi connectivity index (χ4n) is 2.19. The number of hydrogen-bond donors (Lipinski definition) is 2. The number of aliphatic carboxylic acids is 1. The Morgan fingerprint density at radius 3 is 2.26 bits per heavy atom. The van der Waals surface area contributed by atoms with Crippen molar-refractivity contribution in [2.45, 2.75) is 53.6 Å². The molecule has 0 aliphatic carbocycles. The molecule has 0 radical (unpaired) electrons. The quantitative estimate of drug-likeness (QED) is 0.828. The summed E-state index contributed by atoms with van der Waals surface area (Å²) in [5, 5.41) is 12.4. The fraction of sp³-hybridized carbons (Fsp3) is 0.562. The van der Waals surface area contributed by atoms with E-state index in [2.05, 4.69) is 38.2 Å². The van der Waals surface area contributed by atoms with E-state index in [1.807, 2.05) is 13.8 Å². The lowest BCUT2D eigenvalue weighted by Gasteiger charge is -2.18. The molecule has 0 fully saturated rings. The lowest BCUT2D eigenvalue weighted by Crippen LogP contribution is -2.37. The molecular formula is C16H25NO2. The van der Waals surface area contributed by atoms with Gasteiger partial charge in [0.15, 0.2) is 0 Å². The van der Waals surface area contributed by atoms with Crippen molar-refractivity contribution in [3.8, 4) is 0 Å². The van der Waals surface area contributed by atoms with E-state index in [4.69, 9.17) is 0 Å². The molecule has 1 aromatic carbocycles. The summed E-state index contributed by atoms with van der Waals surface area (Å²) >= 11 is 0. The van der Waals surface area contributed by atoms with E-state index in [0.29, 0.717) is 18.9 Å². The maximum atomic E-state index is 11.2. The van der Waals surface area contributed by atoms with Gasteiger partial charge in [0, 0.05) is 6.54 Å². The Hall–Kier alpha value is -1.35. The number of carbonyl (C=O) groups is 1. The molecular weight excluding hydrogens is 238 g/mol. The molecule has 3 heteroatoms. The molecule has 0 saturated carbocycles. The molecule has 0 bridgehead atoms. The molecule has 0 aliphatic heterocycles. The Kier molecular flexibility index (Phi) is 5.55. The molecule has 3 nitrogen and oxygen atoms in total. The summed E-state index contributed by atoms with van der Waals surface area (Å²) in [6.45, 7) is 10.9. The van der Waals surface area contributed by atoms with Crippen LogP contribution in [-0.4, -0.2) is 17.1 Å². The van der Waals surface area contributed by atoms with Crippen molar-refractivity contribution in [3.05, 3.63) is 34.4 Å². The van der Waals surface area contributed by atoms with Crippen molar-refractivity contribution in [1.82, 2.24) is 5.32 Å². The molecule has 1 aromatic rings. The minimum atomic E-state index is -0.768. The minimum Gasteiger partial charge on any atom is -0.480 e. The van der Waals surface area contributed by atoms with Crippen molar-refractivity contribution >= 4 is 5.97 Å². The number of carboxylic acids is 1. The first-order chi connectivity index (χ1) is 8.81. The highest BCUT2D eigenvalue weighted by atomic mass is 16.4. The van der Waals surface area contributed by atoms with E-state index < -0.39 is 12.0 Å². The average molecular weight is 263 g/mol. The maximum Gasteiger partial charge on any atom is 0.320 e. The molecule has 106 valence electrons. The fourth-order valence-corrected chi connectivity index (χ4v) is 2.19. The molecule has 0 unspecified atom stereocenters. The van der Waals surface area contributed by atoms with E-state index in [0.717, 1.165) is 0 Å². The highest BCUT2D eigenvalue weighted by Gasteiger charge is 2.18. The van der Waals surface area contributed by atoms with Crippen molar-refractivity contribution in [1.29, 1.82) is 0 Å². The lowest BCUT2D eigenvalue weighted by atomic mass is 9.99. The minimum absolute atomic E-state index is 0.370. The molecule has 2 N–H and O–H groups in total. The molecule has 1 atom stereocenters. The molecule has 0 saturated heterocycles. The number of rotatable bonds is 6. The Bertz CT molecular complexity index is 452. The predicted molar refractivity (Wildman–Crippen MR) is 78.4 cm³/mol. The SMILES string of the molecule is Cc1cc(C)c(CN[C@@H](CC(C)C)C(=O)O)cc1C. The van der Waals surface area contributed by atoms with Crippen molar-refractivity contribution < 1.29 is 9.90 Å². The second kappa shape index (κ2) is 6.71. The van der Waals surface area contributed by atoms with Crippen LogP contribution in [-0.2, 0) is 11.3 Å². The van der Waals surface area contributed by atoms with Crippen LogP contribution in [0.3, 0.4) is 0 Å². The average Bonchev–Trinajstić information content (AvgIpc) is 2.29. The van der Waals surface area contributed by atoms with Gasteiger partial charge in [-0.1, -0.05) is 26.0 Å². The van der Waals surface area contributed by atoms with Gasteiger partial charge in [0.2, 0.25) is 0 Å². The molecule has 0 amide bonds. The Balaban J connectivity index is 2.74. The van der Waals surface area contributed by atoms with Gasteiger partial charge in [0.1, 0.15) is 6.04 Å². The predicted octanol–water partition coefficient (Wildman–Crippen LogP) is 3.20. The number of carboxylic acid groups (broad SMARTS) is 1. The van der Waals surface area contributed by atoms with Gasteiger partial charge in [-0.2, -0.15) is 0 Å². The number of nitrogens with one attached hydrogen (secondary N) is 1. The topological polar surface area (TPSA) is 49.3 Å². The standard InChI is InChI=1S/C16H25NO2/c1-10(2)6-15(16(18)19)17-9-14-8-12(4)11(3)7-13(14)5/h7-8,10,15,17H,6,9H2,1-5H3,(H,18,19)/t15-/m0/s1. The first kappa shape index (κ1) is 15.7. The van der Waals surface area contributed by atoms with Gasteiger partial charge in [0.25, 0.3) is 0 Å². The van der Waals surface area contributed by atoms with E-state index in [-0.39, 0.29) is 0 Å². The van der Waals surface area contributed by atoms with Crippen LogP contribution in [0.2, 0.25) is 0 Å². The molecule has 0 heterocycles. The molecule has 0 spiro atoms. The van der Waals surface area contributed by atoms with Crippen molar-refractivity contribution in [3.63, 3.8) is 0 Å². The monoisotopic (exact) mass is 263 g/mol. The van der Waals surface area contributed by atoms with Gasteiger partial charge in [0.05, 0.1) is 0 Å². The van der Waals surface area contributed by atoms with Crippen LogP contribution in [0.1, 0.15) is 42.5 Å². The number of benzene rings is 1. The maximum absolute atomic E-state index is 11.2. The van der Waals surface area contributed by atoms with Gasteiger partial charge in [-0.3, -0.25) is 4.79 Å². The van der Waals surface area contributed by atoms with E-state index >= 15 is 0 Å². The van der Waals surface area contributed by atoms with E-state index in [9.17, 15) is 9.90 Å². The van der Waals surface area contributed by atoms with Gasteiger partial charge in [-0.25, -0.2) is 0 Å². The van der Waals surface area contributed by atoms with Crippen LogP contribution in [0, 0.1) is 26.7 Å². The lowest BCUT2D eigenvalue weighted by molar-refractivity contribution is -0.140. The first-order valence-corrected chi connectivity index (χ1v) is 6.84. The third-order valence-corrected chi connectivity index (χ3v) is 3.50. The van der Waals surface area contributed by atoms with Gasteiger partial charge in [-0.05, 0) is 55.4 Å². The highest BCUT2D eigenvalue weighted by Crippen LogP contribution is 2.16. The number of hydrogen-bond acceptors (Lipinski definition) is 2. The molecule has 19 heavy (non-hydrogen) atoms. The molecule has 0 aliphatic rings. The van der Waals surface area contributed by atoms with Gasteiger partial charge < -0.3 is 10.4 Å². The second-order valence-corrected chi connectivity index (χ2v) is 5.76. The summed E-state index contributed by atoms with van der Waals surface area (Å²) in [5.74, 6) is -0.398.